The number of hydrogen-bond donors (Lipinski definition) is 0. The van der Waals surface area contributed by atoms with E-state index in [-0.39, 0.29) is 0 Å². The van der Waals surface area contributed by atoms with Crippen LogP contribution in [0.25, 0.3) is 5.69 Å². The van der Waals surface area contributed by atoms with Gasteiger partial charge < -0.3 is 0 Å². The van der Waals surface area contributed by atoms with Crippen molar-refractivity contribution in [2.45, 2.75) is 13.3 Å². The average Bonchev–Trinajstić information content (AvgIpc) is 2.70. The quantitative estimate of drug-likeness (QED) is 0.687. The lowest BCUT2D eigenvalue weighted by molar-refractivity contribution is 0.832. The van der Waals surface area contributed by atoms with Crippen molar-refractivity contribution in [1.82, 2.24) is 19.7 Å². The molecule has 2 aromatic rings. The molecule has 0 aliphatic rings. The fraction of sp³-hybridized carbons (Fsp3) is 0.222. The van der Waals surface area contributed by atoms with E-state index in [9.17, 15) is 0 Å². The molecule has 0 spiro atoms. The summed E-state index contributed by atoms with van der Waals surface area (Å²) >= 11 is 0. The molecule has 0 saturated carbocycles. The number of nitrogens with zero attached hydrogens (tertiary/aromatic N) is 4. The summed E-state index contributed by atoms with van der Waals surface area (Å²) < 4.78 is 1.78. The SMILES string of the molecule is CCc1ncncc1-n1cccn1. The lowest BCUT2D eigenvalue weighted by atomic mass is 10.3. The van der Waals surface area contributed by atoms with Crippen LogP contribution in [0.5, 0.6) is 0 Å². The van der Waals surface area contributed by atoms with Crippen molar-refractivity contribution in [3.63, 3.8) is 0 Å². The standard InChI is InChI=1S/C9H10N4/c1-2-8-9(6-10-7-11-8)13-5-3-4-12-13/h3-7H,2H2,1H3. The number of rotatable bonds is 2. The van der Waals surface area contributed by atoms with E-state index in [1.807, 2.05) is 12.3 Å². The molecule has 2 aromatic heterocycles. The molecule has 0 radical (unpaired) electrons. The van der Waals surface area contributed by atoms with Crippen molar-refractivity contribution in [2.75, 3.05) is 0 Å². The molecular weight excluding hydrogens is 164 g/mol. The fourth-order valence-electron chi connectivity index (χ4n) is 1.22. The van der Waals surface area contributed by atoms with E-state index in [0.717, 1.165) is 17.8 Å². The normalized spacial score (nSPS) is 10.2. The molecule has 4 heteroatoms. The topological polar surface area (TPSA) is 43.6 Å². The van der Waals surface area contributed by atoms with Gasteiger partial charge in [0.15, 0.2) is 0 Å². The molecule has 0 bridgehead atoms. The van der Waals surface area contributed by atoms with Gasteiger partial charge in [-0.25, -0.2) is 14.6 Å². The second-order valence-electron chi connectivity index (χ2n) is 2.66. The maximum Gasteiger partial charge on any atom is 0.115 e. The minimum atomic E-state index is 0.887. The van der Waals surface area contributed by atoms with Crippen LogP contribution in [0.4, 0.5) is 0 Å². The Morgan fingerprint density at radius 2 is 2.38 bits per heavy atom. The summed E-state index contributed by atoms with van der Waals surface area (Å²) in [6.45, 7) is 2.06. The summed E-state index contributed by atoms with van der Waals surface area (Å²) in [4.78, 5) is 8.16. The van der Waals surface area contributed by atoms with Gasteiger partial charge in [-0.15, -0.1) is 0 Å². The molecule has 13 heavy (non-hydrogen) atoms. The molecule has 0 saturated heterocycles. The highest BCUT2D eigenvalue weighted by Gasteiger charge is 2.02. The van der Waals surface area contributed by atoms with Crippen LogP contribution >= 0.6 is 0 Å². The largest absolute Gasteiger partial charge is 0.243 e. The summed E-state index contributed by atoms with van der Waals surface area (Å²) in [7, 11) is 0. The van der Waals surface area contributed by atoms with E-state index in [1.165, 1.54) is 0 Å². The molecule has 2 heterocycles. The zero-order valence-electron chi connectivity index (χ0n) is 7.38. The van der Waals surface area contributed by atoms with Gasteiger partial charge in [0.05, 0.1) is 11.9 Å². The molecule has 0 unspecified atom stereocenters. The van der Waals surface area contributed by atoms with Gasteiger partial charge in [-0.2, -0.15) is 5.10 Å². The van der Waals surface area contributed by atoms with Gasteiger partial charge in [0.1, 0.15) is 12.0 Å². The lowest BCUT2D eigenvalue weighted by Gasteiger charge is -2.04. The van der Waals surface area contributed by atoms with Gasteiger partial charge in [0.25, 0.3) is 0 Å². The first-order chi connectivity index (χ1) is 6.42. The van der Waals surface area contributed by atoms with Crippen LogP contribution < -0.4 is 0 Å². The van der Waals surface area contributed by atoms with Gasteiger partial charge in [-0.3, -0.25) is 0 Å². The summed E-state index contributed by atoms with van der Waals surface area (Å²) in [5.74, 6) is 0. The molecule has 0 N–H and O–H groups in total. The maximum absolute atomic E-state index is 4.18. The van der Waals surface area contributed by atoms with Crippen LogP contribution in [-0.4, -0.2) is 19.7 Å². The van der Waals surface area contributed by atoms with Crippen LogP contribution in [-0.2, 0) is 6.42 Å². The Hall–Kier alpha value is -1.71. The van der Waals surface area contributed by atoms with Crippen LogP contribution in [0.1, 0.15) is 12.6 Å². The van der Waals surface area contributed by atoms with E-state index in [4.69, 9.17) is 0 Å². The minimum absolute atomic E-state index is 0.887. The monoisotopic (exact) mass is 174 g/mol. The molecule has 0 fully saturated rings. The first-order valence-electron chi connectivity index (χ1n) is 4.20. The van der Waals surface area contributed by atoms with Gasteiger partial charge in [0, 0.05) is 12.4 Å². The van der Waals surface area contributed by atoms with Crippen LogP contribution in [0.2, 0.25) is 0 Å². The fourth-order valence-corrected chi connectivity index (χ4v) is 1.22. The molecule has 0 aromatic carbocycles. The Balaban J connectivity index is 2.51. The number of aryl methyl sites for hydroxylation is 1. The average molecular weight is 174 g/mol. The summed E-state index contributed by atoms with van der Waals surface area (Å²) in [6, 6.07) is 1.88. The molecule has 0 amide bonds. The summed E-state index contributed by atoms with van der Waals surface area (Å²) in [5.41, 5.74) is 1.97. The van der Waals surface area contributed by atoms with Gasteiger partial charge in [0.2, 0.25) is 0 Å². The van der Waals surface area contributed by atoms with Crippen molar-refractivity contribution >= 4 is 0 Å². The molecule has 4 nitrogen and oxygen atoms in total. The second-order valence-corrected chi connectivity index (χ2v) is 2.66. The van der Waals surface area contributed by atoms with Crippen LogP contribution in [0.3, 0.4) is 0 Å². The summed E-state index contributed by atoms with van der Waals surface area (Å²) in [5, 5.41) is 4.13. The Morgan fingerprint density at radius 1 is 1.46 bits per heavy atom. The number of aromatic nitrogens is 4. The Kier molecular flexibility index (Phi) is 2.04. The molecule has 0 atom stereocenters. The van der Waals surface area contributed by atoms with E-state index in [0.29, 0.717) is 0 Å². The zero-order chi connectivity index (χ0) is 9.10. The van der Waals surface area contributed by atoms with E-state index < -0.39 is 0 Å². The third-order valence-corrected chi connectivity index (χ3v) is 1.86. The van der Waals surface area contributed by atoms with Gasteiger partial charge in [-0.1, -0.05) is 6.92 Å². The van der Waals surface area contributed by atoms with Crippen molar-refractivity contribution in [3.8, 4) is 5.69 Å². The molecule has 0 aliphatic heterocycles. The summed E-state index contributed by atoms with van der Waals surface area (Å²) in [6.07, 6.45) is 7.85. The maximum atomic E-state index is 4.18. The van der Waals surface area contributed by atoms with Crippen molar-refractivity contribution in [1.29, 1.82) is 0 Å². The Bertz CT molecular complexity index is 380. The van der Waals surface area contributed by atoms with Gasteiger partial charge >= 0.3 is 0 Å². The highest BCUT2D eigenvalue weighted by atomic mass is 15.3. The lowest BCUT2D eigenvalue weighted by Crippen LogP contribution is -2.02. The highest BCUT2D eigenvalue weighted by molar-refractivity contribution is 5.32. The van der Waals surface area contributed by atoms with Gasteiger partial charge in [-0.05, 0) is 12.5 Å². The predicted octanol–water partition coefficient (Wildman–Crippen LogP) is 1.22. The zero-order valence-corrected chi connectivity index (χ0v) is 7.38. The van der Waals surface area contributed by atoms with E-state index >= 15 is 0 Å². The minimum Gasteiger partial charge on any atom is -0.243 e. The van der Waals surface area contributed by atoms with Crippen molar-refractivity contribution in [2.24, 2.45) is 0 Å². The molecular formula is C9H10N4. The van der Waals surface area contributed by atoms with Crippen molar-refractivity contribution in [3.05, 3.63) is 36.7 Å². The first-order valence-corrected chi connectivity index (χ1v) is 4.20. The smallest absolute Gasteiger partial charge is 0.115 e. The van der Waals surface area contributed by atoms with Crippen LogP contribution in [0.15, 0.2) is 31.0 Å². The second kappa shape index (κ2) is 3.35. The molecule has 2 rings (SSSR count). The molecule has 0 aliphatic carbocycles. The van der Waals surface area contributed by atoms with E-state index in [2.05, 4.69) is 22.0 Å². The predicted molar refractivity (Wildman–Crippen MR) is 48.5 cm³/mol. The van der Waals surface area contributed by atoms with E-state index in [1.54, 1.807) is 23.4 Å². The molecule has 66 valence electrons. The van der Waals surface area contributed by atoms with Crippen molar-refractivity contribution < 1.29 is 0 Å². The first kappa shape index (κ1) is 7.91. The number of hydrogen-bond acceptors (Lipinski definition) is 3. The third kappa shape index (κ3) is 1.42. The highest BCUT2D eigenvalue weighted by Crippen LogP contribution is 2.08. The third-order valence-electron chi connectivity index (χ3n) is 1.86. The Morgan fingerprint density at radius 3 is 3.08 bits per heavy atom. The van der Waals surface area contributed by atoms with Crippen LogP contribution in [0, 0.1) is 0 Å². The Labute approximate surface area is 76.3 Å².